The number of hydrogen-bond donors (Lipinski definition) is 1. The van der Waals surface area contributed by atoms with E-state index in [0.29, 0.717) is 5.69 Å². The molecule has 5 nitrogen and oxygen atoms in total. The first-order valence-electron chi connectivity index (χ1n) is 7.92. The molecule has 0 aliphatic rings. The maximum Gasteiger partial charge on any atom is 0.416 e. The molecule has 0 unspecified atom stereocenters. The number of rotatable bonds is 4. The Kier molecular flexibility index (Phi) is 5.07. The van der Waals surface area contributed by atoms with E-state index in [1.54, 1.807) is 12.1 Å². The fourth-order valence-corrected chi connectivity index (χ4v) is 2.44. The quantitative estimate of drug-likeness (QED) is 0.761. The molecule has 1 aromatic heterocycles. The van der Waals surface area contributed by atoms with Crippen molar-refractivity contribution < 1.29 is 18.0 Å². The number of nitrogens with zero attached hydrogens (tertiary/aromatic N) is 2. The van der Waals surface area contributed by atoms with Crippen LogP contribution in [0.5, 0.6) is 0 Å². The number of hydrogen-bond acceptors (Lipinski definition) is 3. The molecular formula is C19H14F3N3O2. The Morgan fingerprint density at radius 1 is 1.04 bits per heavy atom. The Morgan fingerprint density at radius 2 is 1.78 bits per heavy atom. The third-order valence-corrected chi connectivity index (χ3v) is 3.74. The molecule has 0 aliphatic heterocycles. The second-order valence-corrected chi connectivity index (χ2v) is 5.73. The minimum atomic E-state index is -4.51. The van der Waals surface area contributed by atoms with Crippen molar-refractivity contribution in [1.82, 2.24) is 9.55 Å². The van der Waals surface area contributed by atoms with Crippen LogP contribution in [-0.2, 0) is 17.5 Å². The summed E-state index contributed by atoms with van der Waals surface area (Å²) in [7, 11) is 0. The van der Waals surface area contributed by atoms with Crippen molar-refractivity contribution in [1.29, 1.82) is 0 Å². The average Bonchev–Trinajstić information content (AvgIpc) is 2.63. The Labute approximate surface area is 152 Å². The van der Waals surface area contributed by atoms with Gasteiger partial charge in [-0.2, -0.15) is 13.2 Å². The predicted octanol–water partition coefficient (Wildman–Crippen LogP) is 3.57. The number of alkyl halides is 3. The number of halogens is 3. The third kappa shape index (κ3) is 4.60. The molecule has 3 aromatic rings. The van der Waals surface area contributed by atoms with Gasteiger partial charge in [-0.3, -0.25) is 14.2 Å². The molecular weight excluding hydrogens is 359 g/mol. The molecule has 0 spiro atoms. The summed E-state index contributed by atoms with van der Waals surface area (Å²) in [4.78, 5) is 28.4. The van der Waals surface area contributed by atoms with Gasteiger partial charge in [0, 0.05) is 17.3 Å². The Bertz CT molecular complexity index is 1010. The summed E-state index contributed by atoms with van der Waals surface area (Å²) in [5.41, 5.74) is -0.0866. The zero-order chi connectivity index (χ0) is 19.4. The highest BCUT2D eigenvalue weighted by molar-refractivity contribution is 5.90. The van der Waals surface area contributed by atoms with Crippen LogP contribution in [0.25, 0.3) is 11.3 Å². The fourth-order valence-electron chi connectivity index (χ4n) is 2.44. The molecule has 0 radical (unpaired) electrons. The highest BCUT2D eigenvalue weighted by Crippen LogP contribution is 2.30. The van der Waals surface area contributed by atoms with E-state index in [-0.39, 0.29) is 12.2 Å². The molecule has 27 heavy (non-hydrogen) atoms. The molecule has 8 heteroatoms. The van der Waals surface area contributed by atoms with Crippen LogP contribution >= 0.6 is 0 Å². The highest BCUT2D eigenvalue weighted by atomic mass is 19.4. The number of benzene rings is 2. The fraction of sp³-hybridized carbons (Fsp3) is 0.105. The predicted molar refractivity (Wildman–Crippen MR) is 94.0 cm³/mol. The van der Waals surface area contributed by atoms with Crippen LogP contribution in [0, 0.1) is 0 Å². The van der Waals surface area contributed by atoms with E-state index in [2.05, 4.69) is 10.3 Å². The topological polar surface area (TPSA) is 64.0 Å². The Balaban J connectivity index is 1.72. The summed E-state index contributed by atoms with van der Waals surface area (Å²) >= 11 is 0. The van der Waals surface area contributed by atoms with E-state index in [1.807, 2.05) is 18.2 Å². The smallest absolute Gasteiger partial charge is 0.325 e. The molecule has 0 aliphatic carbocycles. The molecule has 0 fully saturated rings. The van der Waals surface area contributed by atoms with Gasteiger partial charge in [-0.25, -0.2) is 4.98 Å². The molecule has 1 heterocycles. The molecule has 3 rings (SSSR count). The number of carbonyl (C=O) groups is 1. The lowest BCUT2D eigenvalue weighted by atomic mass is 10.1. The standard InChI is InChI=1S/C19H14F3N3O2/c20-19(21,22)14-7-4-8-15(9-14)24-17(26)11-25-12-23-16(10-18(25)27)13-5-2-1-3-6-13/h1-10,12H,11H2,(H,24,26). The van der Waals surface area contributed by atoms with Gasteiger partial charge in [-0.15, -0.1) is 0 Å². The first-order valence-corrected chi connectivity index (χ1v) is 7.92. The van der Waals surface area contributed by atoms with Crippen LogP contribution in [0.4, 0.5) is 18.9 Å². The number of nitrogens with one attached hydrogen (secondary N) is 1. The summed E-state index contributed by atoms with van der Waals surface area (Å²) in [5, 5.41) is 2.35. The number of amides is 1. The van der Waals surface area contributed by atoms with Crippen molar-refractivity contribution in [2.45, 2.75) is 12.7 Å². The van der Waals surface area contributed by atoms with E-state index < -0.39 is 23.2 Å². The van der Waals surface area contributed by atoms with Crippen LogP contribution in [0.1, 0.15) is 5.56 Å². The molecule has 1 amide bonds. The van der Waals surface area contributed by atoms with Crippen LogP contribution < -0.4 is 10.9 Å². The van der Waals surface area contributed by atoms with Gasteiger partial charge in [0.05, 0.1) is 17.6 Å². The average molecular weight is 373 g/mol. The Morgan fingerprint density at radius 3 is 2.44 bits per heavy atom. The van der Waals surface area contributed by atoms with Crippen molar-refractivity contribution in [2.75, 3.05) is 5.32 Å². The molecule has 138 valence electrons. The van der Waals surface area contributed by atoms with Crippen molar-refractivity contribution >= 4 is 11.6 Å². The van der Waals surface area contributed by atoms with Crippen LogP contribution in [-0.4, -0.2) is 15.5 Å². The number of carbonyl (C=O) groups excluding carboxylic acids is 1. The summed E-state index contributed by atoms with van der Waals surface area (Å²) < 4.78 is 39.2. The molecule has 0 saturated carbocycles. The third-order valence-electron chi connectivity index (χ3n) is 3.74. The monoisotopic (exact) mass is 373 g/mol. The largest absolute Gasteiger partial charge is 0.416 e. The van der Waals surface area contributed by atoms with Crippen LogP contribution in [0.15, 0.2) is 71.8 Å². The minimum absolute atomic E-state index is 0.00302. The maximum atomic E-state index is 12.7. The highest BCUT2D eigenvalue weighted by Gasteiger charge is 2.30. The van der Waals surface area contributed by atoms with Crippen molar-refractivity contribution in [2.24, 2.45) is 0 Å². The summed E-state index contributed by atoms with van der Waals surface area (Å²) in [5.74, 6) is -0.634. The van der Waals surface area contributed by atoms with Gasteiger partial charge in [0.25, 0.3) is 5.56 Å². The molecule has 0 atom stereocenters. The van der Waals surface area contributed by atoms with E-state index in [1.165, 1.54) is 24.5 Å². The van der Waals surface area contributed by atoms with Crippen molar-refractivity contribution in [3.63, 3.8) is 0 Å². The normalized spacial score (nSPS) is 11.2. The zero-order valence-corrected chi connectivity index (χ0v) is 13.9. The van der Waals surface area contributed by atoms with E-state index in [4.69, 9.17) is 0 Å². The first-order chi connectivity index (χ1) is 12.8. The second-order valence-electron chi connectivity index (χ2n) is 5.73. The summed E-state index contributed by atoms with van der Waals surface area (Å²) in [6.45, 7) is -0.364. The summed E-state index contributed by atoms with van der Waals surface area (Å²) in [6, 6.07) is 14.6. The van der Waals surface area contributed by atoms with Crippen LogP contribution in [0.3, 0.4) is 0 Å². The molecule has 1 N–H and O–H groups in total. The van der Waals surface area contributed by atoms with Gasteiger partial charge >= 0.3 is 6.18 Å². The van der Waals surface area contributed by atoms with E-state index >= 15 is 0 Å². The van der Waals surface area contributed by atoms with Gasteiger partial charge in [0.2, 0.25) is 5.91 Å². The minimum Gasteiger partial charge on any atom is -0.325 e. The maximum absolute atomic E-state index is 12.7. The number of anilines is 1. The molecule has 0 saturated heterocycles. The second kappa shape index (κ2) is 7.45. The van der Waals surface area contributed by atoms with Crippen molar-refractivity contribution in [3.05, 3.63) is 82.9 Å². The molecule has 2 aromatic carbocycles. The van der Waals surface area contributed by atoms with Gasteiger partial charge < -0.3 is 5.32 Å². The van der Waals surface area contributed by atoms with E-state index in [9.17, 15) is 22.8 Å². The van der Waals surface area contributed by atoms with Crippen LogP contribution in [0.2, 0.25) is 0 Å². The zero-order valence-electron chi connectivity index (χ0n) is 13.9. The molecule has 0 bridgehead atoms. The lowest BCUT2D eigenvalue weighted by Gasteiger charge is -2.10. The lowest BCUT2D eigenvalue weighted by Crippen LogP contribution is -2.27. The Hall–Kier alpha value is -3.42. The van der Waals surface area contributed by atoms with Crippen molar-refractivity contribution in [3.8, 4) is 11.3 Å². The van der Waals surface area contributed by atoms with Gasteiger partial charge in [0.15, 0.2) is 0 Å². The van der Waals surface area contributed by atoms with Gasteiger partial charge in [-0.05, 0) is 18.2 Å². The number of aromatic nitrogens is 2. The van der Waals surface area contributed by atoms with Gasteiger partial charge in [0.1, 0.15) is 6.54 Å². The van der Waals surface area contributed by atoms with E-state index in [0.717, 1.165) is 22.3 Å². The summed E-state index contributed by atoms with van der Waals surface area (Å²) in [6.07, 6.45) is -3.27. The first kappa shape index (κ1) is 18.4. The lowest BCUT2D eigenvalue weighted by molar-refractivity contribution is -0.137. The SMILES string of the molecule is O=C(Cn1cnc(-c2ccccc2)cc1=O)Nc1cccc(C(F)(F)F)c1. The van der Waals surface area contributed by atoms with Gasteiger partial charge in [-0.1, -0.05) is 36.4 Å².